The van der Waals surface area contributed by atoms with Crippen LogP contribution in [0.5, 0.6) is 0 Å². The molecule has 2 aromatic carbocycles. The SMILES string of the molecule is CN(C)Cc1ccc(N=C(c2ccc(CCC(=O)O)s2)C2C(=O)Nc3cc(F)ccc32)cc1. The number of aliphatic carboxylic acids is 1. The predicted octanol–water partition coefficient (Wildman–Crippen LogP) is 4.82. The van der Waals surface area contributed by atoms with E-state index in [1.165, 1.54) is 23.5 Å². The highest BCUT2D eigenvalue weighted by Gasteiger charge is 2.36. The first-order valence-electron chi connectivity index (χ1n) is 10.5. The van der Waals surface area contributed by atoms with Crippen LogP contribution in [0.2, 0.25) is 0 Å². The summed E-state index contributed by atoms with van der Waals surface area (Å²) in [5, 5.41) is 11.8. The van der Waals surface area contributed by atoms with Crippen LogP contribution in [-0.4, -0.2) is 41.7 Å². The van der Waals surface area contributed by atoms with E-state index in [1.807, 2.05) is 50.5 Å². The van der Waals surface area contributed by atoms with Crippen LogP contribution in [0.3, 0.4) is 0 Å². The van der Waals surface area contributed by atoms with Gasteiger partial charge in [0.2, 0.25) is 5.91 Å². The fourth-order valence-electron chi connectivity index (χ4n) is 3.83. The van der Waals surface area contributed by atoms with Gasteiger partial charge in [0.1, 0.15) is 11.7 Å². The van der Waals surface area contributed by atoms with E-state index in [1.54, 1.807) is 6.07 Å². The Bertz CT molecular complexity index is 1220. The Labute approximate surface area is 195 Å². The minimum atomic E-state index is -0.859. The van der Waals surface area contributed by atoms with Crippen LogP contribution in [0, 0.1) is 5.82 Å². The monoisotopic (exact) mass is 465 g/mol. The molecule has 4 rings (SSSR count). The number of nitrogens with one attached hydrogen (secondary N) is 1. The Kier molecular flexibility index (Phi) is 6.67. The van der Waals surface area contributed by atoms with Gasteiger partial charge in [-0.1, -0.05) is 18.2 Å². The van der Waals surface area contributed by atoms with Crippen molar-refractivity contribution < 1.29 is 19.1 Å². The van der Waals surface area contributed by atoms with Crippen molar-refractivity contribution in [3.8, 4) is 0 Å². The molecule has 0 fully saturated rings. The van der Waals surface area contributed by atoms with Gasteiger partial charge in [0.25, 0.3) is 0 Å². The van der Waals surface area contributed by atoms with Crippen LogP contribution in [0.15, 0.2) is 59.6 Å². The summed E-state index contributed by atoms with van der Waals surface area (Å²) >= 11 is 1.43. The van der Waals surface area contributed by atoms with Gasteiger partial charge >= 0.3 is 5.97 Å². The summed E-state index contributed by atoms with van der Waals surface area (Å²) in [6.07, 6.45) is 0.441. The van der Waals surface area contributed by atoms with Crippen LogP contribution in [-0.2, 0) is 22.6 Å². The van der Waals surface area contributed by atoms with Gasteiger partial charge in [0.05, 0.1) is 17.8 Å². The zero-order valence-electron chi connectivity index (χ0n) is 18.3. The number of carbonyl (C=O) groups excluding carboxylic acids is 1. The third kappa shape index (κ3) is 5.35. The molecule has 8 heteroatoms. The number of rotatable bonds is 8. The molecular formula is C25H24FN3O3S. The normalized spacial score (nSPS) is 15.6. The Balaban J connectivity index is 1.74. The van der Waals surface area contributed by atoms with Crippen molar-refractivity contribution in [1.29, 1.82) is 0 Å². The van der Waals surface area contributed by atoms with Crippen LogP contribution in [0.1, 0.15) is 33.2 Å². The quantitative estimate of drug-likeness (QED) is 0.467. The van der Waals surface area contributed by atoms with E-state index in [4.69, 9.17) is 10.1 Å². The summed E-state index contributed by atoms with van der Waals surface area (Å²) in [4.78, 5) is 32.5. The third-order valence-electron chi connectivity index (χ3n) is 5.30. The Morgan fingerprint density at radius 3 is 2.61 bits per heavy atom. The second-order valence-electron chi connectivity index (χ2n) is 8.21. The molecular weight excluding hydrogens is 441 g/mol. The molecule has 1 aromatic heterocycles. The first-order chi connectivity index (χ1) is 15.8. The molecule has 6 nitrogen and oxygen atoms in total. The van der Waals surface area contributed by atoms with Crippen LogP contribution in [0.25, 0.3) is 0 Å². The van der Waals surface area contributed by atoms with E-state index in [-0.39, 0.29) is 12.3 Å². The molecule has 0 aliphatic carbocycles. The molecule has 1 aliphatic heterocycles. The van der Waals surface area contributed by atoms with Crippen molar-refractivity contribution in [3.63, 3.8) is 0 Å². The predicted molar refractivity (Wildman–Crippen MR) is 128 cm³/mol. The number of carboxylic acid groups (broad SMARTS) is 1. The molecule has 33 heavy (non-hydrogen) atoms. The smallest absolute Gasteiger partial charge is 0.303 e. The summed E-state index contributed by atoms with van der Waals surface area (Å²) in [5.41, 5.74) is 3.53. The molecule has 0 bridgehead atoms. The van der Waals surface area contributed by atoms with Gasteiger partial charge < -0.3 is 15.3 Å². The standard InChI is InChI=1S/C25H24FN3O3S/c1-29(2)14-15-3-6-17(7-4-15)27-24(21-11-8-18(33-21)9-12-22(30)31)23-19-10-5-16(26)13-20(19)28-25(23)32/h3-8,10-11,13,23H,9,12,14H2,1-2H3,(H,28,32)(H,30,31). The molecule has 170 valence electrons. The zero-order chi connectivity index (χ0) is 23.5. The van der Waals surface area contributed by atoms with Gasteiger partial charge in [-0.15, -0.1) is 11.3 Å². The lowest BCUT2D eigenvalue weighted by molar-refractivity contribution is -0.136. The molecule has 2 heterocycles. The highest BCUT2D eigenvalue weighted by atomic mass is 32.1. The first-order valence-corrected chi connectivity index (χ1v) is 11.4. The number of halogens is 1. The maximum absolute atomic E-state index is 13.7. The van der Waals surface area contributed by atoms with E-state index in [0.29, 0.717) is 29.1 Å². The largest absolute Gasteiger partial charge is 0.481 e. The molecule has 1 amide bonds. The number of hydrogen-bond donors (Lipinski definition) is 2. The summed E-state index contributed by atoms with van der Waals surface area (Å²) < 4.78 is 13.7. The van der Waals surface area contributed by atoms with Gasteiger partial charge in [-0.25, -0.2) is 4.39 Å². The van der Waals surface area contributed by atoms with Crippen molar-refractivity contribution in [2.45, 2.75) is 25.3 Å². The number of carbonyl (C=O) groups is 2. The van der Waals surface area contributed by atoms with E-state index in [0.717, 1.165) is 21.9 Å². The number of benzene rings is 2. The summed E-state index contributed by atoms with van der Waals surface area (Å²) in [5.74, 6) is -2.23. The van der Waals surface area contributed by atoms with E-state index < -0.39 is 17.7 Å². The molecule has 1 atom stereocenters. The Morgan fingerprint density at radius 1 is 1.15 bits per heavy atom. The third-order valence-corrected chi connectivity index (χ3v) is 6.47. The number of fused-ring (bicyclic) bond motifs is 1. The van der Waals surface area contributed by atoms with Crippen LogP contribution >= 0.6 is 11.3 Å². The maximum Gasteiger partial charge on any atom is 0.303 e. The van der Waals surface area contributed by atoms with E-state index >= 15 is 0 Å². The van der Waals surface area contributed by atoms with Gasteiger partial charge in [-0.3, -0.25) is 14.6 Å². The highest BCUT2D eigenvalue weighted by Crippen LogP contribution is 2.38. The number of amides is 1. The molecule has 2 N–H and O–H groups in total. The second-order valence-corrected chi connectivity index (χ2v) is 9.38. The average Bonchev–Trinajstić information content (AvgIpc) is 3.35. The van der Waals surface area contributed by atoms with Gasteiger partial charge in [0.15, 0.2) is 0 Å². The number of thiophene rings is 1. The number of carboxylic acids is 1. The van der Waals surface area contributed by atoms with Crippen molar-refractivity contribution in [1.82, 2.24) is 4.90 Å². The molecule has 0 spiro atoms. The molecule has 0 saturated heterocycles. The van der Waals surface area contributed by atoms with E-state index in [2.05, 4.69) is 10.2 Å². The molecule has 3 aromatic rings. The summed E-state index contributed by atoms with van der Waals surface area (Å²) in [6.45, 7) is 0.804. The fraction of sp³-hybridized carbons (Fsp3) is 0.240. The molecule has 0 radical (unpaired) electrons. The highest BCUT2D eigenvalue weighted by molar-refractivity contribution is 7.14. The van der Waals surface area contributed by atoms with Gasteiger partial charge in [-0.2, -0.15) is 0 Å². The van der Waals surface area contributed by atoms with Gasteiger partial charge in [-0.05, 0) is 68.0 Å². The first kappa shape index (κ1) is 22.8. The van der Waals surface area contributed by atoms with Crippen molar-refractivity contribution >= 4 is 40.3 Å². The zero-order valence-corrected chi connectivity index (χ0v) is 19.2. The average molecular weight is 466 g/mol. The number of nitrogens with zero attached hydrogens (tertiary/aromatic N) is 2. The molecule has 1 aliphatic rings. The van der Waals surface area contributed by atoms with Crippen molar-refractivity contribution in [2.75, 3.05) is 19.4 Å². The fourth-order valence-corrected chi connectivity index (χ4v) is 4.86. The minimum absolute atomic E-state index is 0.0335. The Hall–Kier alpha value is -3.36. The number of aryl methyl sites for hydroxylation is 1. The summed E-state index contributed by atoms with van der Waals surface area (Å²) in [7, 11) is 4.00. The lowest BCUT2D eigenvalue weighted by Crippen LogP contribution is -2.21. The number of aliphatic imine (C=N–C) groups is 1. The lowest BCUT2D eigenvalue weighted by Gasteiger charge is -2.13. The second kappa shape index (κ2) is 9.64. The van der Waals surface area contributed by atoms with Gasteiger partial charge in [0, 0.05) is 22.0 Å². The van der Waals surface area contributed by atoms with Crippen molar-refractivity contribution in [3.05, 3.63) is 81.3 Å². The van der Waals surface area contributed by atoms with Crippen LogP contribution < -0.4 is 5.32 Å². The molecule has 1 unspecified atom stereocenters. The van der Waals surface area contributed by atoms with Crippen molar-refractivity contribution in [2.24, 2.45) is 4.99 Å². The van der Waals surface area contributed by atoms with Crippen LogP contribution in [0.4, 0.5) is 15.8 Å². The number of hydrogen-bond acceptors (Lipinski definition) is 5. The Morgan fingerprint density at radius 2 is 1.91 bits per heavy atom. The topological polar surface area (TPSA) is 82.0 Å². The number of anilines is 1. The van der Waals surface area contributed by atoms with E-state index in [9.17, 15) is 14.0 Å². The maximum atomic E-state index is 13.7. The summed E-state index contributed by atoms with van der Waals surface area (Å²) in [6, 6.07) is 15.8. The molecule has 0 saturated carbocycles. The minimum Gasteiger partial charge on any atom is -0.481 e. The lowest BCUT2D eigenvalue weighted by atomic mass is 9.94.